The van der Waals surface area contributed by atoms with Crippen molar-refractivity contribution in [2.45, 2.75) is 24.5 Å². The molecule has 1 aliphatic rings. The number of Topliss-reactive ketones (excluding diaryl/α,β-unsaturated/α-hetero) is 1. The number of nitrogens with zero attached hydrogens (tertiary/aromatic N) is 1. The average Bonchev–Trinajstić information content (AvgIpc) is 2.77. The van der Waals surface area contributed by atoms with Crippen molar-refractivity contribution in [2.75, 3.05) is 26.3 Å². The largest absolute Gasteiger partial charge is 0.379 e. The van der Waals surface area contributed by atoms with Crippen molar-refractivity contribution in [3.05, 3.63) is 17.0 Å². The zero-order valence-electron chi connectivity index (χ0n) is 10.8. The van der Waals surface area contributed by atoms with E-state index in [1.54, 1.807) is 18.3 Å². The fourth-order valence-electron chi connectivity index (χ4n) is 1.73. The third kappa shape index (κ3) is 4.09. The van der Waals surface area contributed by atoms with Gasteiger partial charge in [-0.2, -0.15) is 0 Å². The van der Waals surface area contributed by atoms with Gasteiger partial charge in [0, 0.05) is 23.9 Å². The third-order valence-electron chi connectivity index (χ3n) is 3.03. The summed E-state index contributed by atoms with van der Waals surface area (Å²) in [4.78, 5) is 12.5. The van der Waals surface area contributed by atoms with Crippen molar-refractivity contribution >= 4 is 29.1 Å². The van der Waals surface area contributed by atoms with Crippen molar-refractivity contribution in [3.63, 3.8) is 0 Å². The Kier molecular flexibility index (Phi) is 5.24. The normalized spacial score (nSPS) is 18.8. The van der Waals surface area contributed by atoms with E-state index in [0.717, 1.165) is 32.7 Å². The second-order valence-electron chi connectivity index (χ2n) is 4.57. The van der Waals surface area contributed by atoms with Crippen LogP contribution in [0.15, 0.2) is 16.3 Å². The zero-order valence-corrected chi connectivity index (χ0v) is 12.5. The molecule has 1 aliphatic heterocycles. The molecular weight excluding hydrogens is 266 g/mol. The first-order valence-electron chi connectivity index (χ1n) is 6.25. The molecule has 0 radical (unpaired) electrons. The number of thiophene rings is 1. The van der Waals surface area contributed by atoms with Gasteiger partial charge in [0.2, 0.25) is 0 Å². The summed E-state index contributed by atoms with van der Waals surface area (Å²) in [6.07, 6.45) is 0.865. The van der Waals surface area contributed by atoms with Crippen LogP contribution in [0.1, 0.15) is 18.7 Å². The van der Waals surface area contributed by atoms with Gasteiger partial charge in [0.05, 0.1) is 17.4 Å². The van der Waals surface area contributed by atoms with Gasteiger partial charge in [-0.25, -0.2) is 4.31 Å². The van der Waals surface area contributed by atoms with Crippen molar-refractivity contribution in [2.24, 2.45) is 5.92 Å². The minimum atomic E-state index is 0.130. The summed E-state index contributed by atoms with van der Waals surface area (Å²) >= 11 is 3.61. The van der Waals surface area contributed by atoms with Crippen LogP contribution in [0.5, 0.6) is 0 Å². The predicted molar refractivity (Wildman–Crippen MR) is 76.1 cm³/mol. The molecule has 0 amide bonds. The first kappa shape index (κ1) is 14.1. The minimum absolute atomic E-state index is 0.130. The molecule has 0 spiro atoms. The van der Waals surface area contributed by atoms with E-state index in [4.69, 9.17) is 4.74 Å². The lowest BCUT2D eigenvalue weighted by Crippen LogP contribution is -2.30. The van der Waals surface area contributed by atoms with Gasteiger partial charge in [0.15, 0.2) is 0 Å². The van der Waals surface area contributed by atoms with Crippen LogP contribution >= 0.6 is 23.3 Å². The Morgan fingerprint density at radius 1 is 1.50 bits per heavy atom. The Morgan fingerprint density at radius 2 is 2.22 bits per heavy atom. The van der Waals surface area contributed by atoms with Crippen LogP contribution < -0.4 is 0 Å². The Balaban J connectivity index is 1.87. The summed E-state index contributed by atoms with van der Waals surface area (Å²) in [5, 5.41) is 0. The molecule has 1 aromatic rings. The molecule has 100 valence electrons. The van der Waals surface area contributed by atoms with Crippen LogP contribution in [0, 0.1) is 5.92 Å². The molecular formula is C13H19NO2S2. The van der Waals surface area contributed by atoms with Crippen LogP contribution in [0.2, 0.25) is 0 Å². The molecule has 1 unspecified atom stereocenters. The molecule has 18 heavy (non-hydrogen) atoms. The number of hydrogen-bond acceptors (Lipinski definition) is 5. The van der Waals surface area contributed by atoms with E-state index in [0.29, 0.717) is 0 Å². The van der Waals surface area contributed by atoms with E-state index in [1.807, 2.05) is 18.9 Å². The maximum atomic E-state index is 11.2. The molecule has 1 fully saturated rings. The number of hydrogen-bond donors (Lipinski definition) is 0. The van der Waals surface area contributed by atoms with Crippen LogP contribution in [-0.4, -0.2) is 36.4 Å². The number of ketones is 1. The van der Waals surface area contributed by atoms with Crippen molar-refractivity contribution in [1.82, 2.24) is 4.31 Å². The molecule has 1 aromatic heterocycles. The lowest BCUT2D eigenvalue weighted by Gasteiger charge is -2.24. The van der Waals surface area contributed by atoms with Gasteiger partial charge in [-0.3, -0.25) is 4.79 Å². The topological polar surface area (TPSA) is 29.5 Å². The van der Waals surface area contributed by atoms with E-state index in [1.165, 1.54) is 9.09 Å². The maximum Gasteiger partial charge on any atom is 0.132 e. The van der Waals surface area contributed by atoms with Gasteiger partial charge in [-0.05, 0) is 37.4 Å². The maximum absolute atomic E-state index is 11.2. The van der Waals surface area contributed by atoms with Crippen LogP contribution in [-0.2, 0) is 16.0 Å². The SMILES string of the molecule is CC(=O)C(C)Cc1ccc(SN2CCOCC2)s1. The molecule has 2 heterocycles. The summed E-state index contributed by atoms with van der Waals surface area (Å²) in [6.45, 7) is 7.29. The Bertz CT molecular complexity index is 399. The second-order valence-corrected chi connectivity index (χ2v) is 7.13. The first-order chi connectivity index (χ1) is 8.65. The number of rotatable bonds is 5. The Hall–Kier alpha value is -0.360. The van der Waals surface area contributed by atoms with Gasteiger partial charge in [-0.1, -0.05) is 6.92 Å². The van der Waals surface area contributed by atoms with E-state index in [2.05, 4.69) is 16.4 Å². The summed E-state index contributed by atoms with van der Waals surface area (Å²) in [7, 11) is 0. The third-order valence-corrected chi connectivity index (χ3v) is 5.34. The highest BCUT2D eigenvalue weighted by Gasteiger charge is 2.14. The van der Waals surface area contributed by atoms with E-state index in [-0.39, 0.29) is 11.7 Å². The smallest absolute Gasteiger partial charge is 0.132 e. The molecule has 0 N–H and O–H groups in total. The van der Waals surface area contributed by atoms with E-state index < -0.39 is 0 Å². The molecule has 0 bridgehead atoms. The van der Waals surface area contributed by atoms with Gasteiger partial charge in [0.1, 0.15) is 5.78 Å². The molecule has 1 atom stereocenters. The molecule has 1 saturated heterocycles. The monoisotopic (exact) mass is 285 g/mol. The molecule has 0 aliphatic carbocycles. The van der Waals surface area contributed by atoms with E-state index in [9.17, 15) is 4.79 Å². The Morgan fingerprint density at radius 3 is 2.89 bits per heavy atom. The zero-order chi connectivity index (χ0) is 13.0. The molecule has 5 heteroatoms. The molecule has 0 saturated carbocycles. The lowest BCUT2D eigenvalue weighted by atomic mass is 10.0. The quantitative estimate of drug-likeness (QED) is 0.778. The second kappa shape index (κ2) is 6.70. The summed E-state index contributed by atoms with van der Waals surface area (Å²) in [5.74, 6) is 0.399. The fourth-order valence-corrected chi connectivity index (χ4v) is 4.09. The van der Waals surface area contributed by atoms with Crippen LogP contribution in [0.4, 0.5) is 0 Å². The van der Waals surface area contributed by atoms with Crippen molar-refractivity contribution < 1.29 is 9.53 Å². The molecule has 0 aromatic carbocycles. The van der Waals surface area contributed by atoms with Crippen molar-refractivity contribution in [3.8, 4) is 0 Å². The van der Waals surface area contributed by atoms with Gasteiger partial charge >= 0.3 is 0 Å². The number of carbonyl (C=O) groups excluding carboxylic acids is 1. The van der Waals surface area contributed by atoms with Crippen molar-refractivity contribution in [1.29, 1.82) is 0 Å². The standard InChI is InChI=1S/C13H19NO2S2/c1-10(11(2)15)9-12-3-4-13(17-12)18-14-5-7-16-8-6-14/h3-4,10H,5-9H2,1-2H3. The van der Waals surface area contributed by atoms with Gasteiger partial charge < -0.3 is 4.74 Å². The lowest BCUT2D eigenvalue weighted by molar-refractivity contribution is -0.120. The predicted octanol–water partition coefficient (Wildman–Crippen LogP) is 2.86. The fraction of sp³-hybridized carbons (Fsp3) is 0.615. The summed E-state index contributed by atoms with van der Waals surface area (Å²) in [6, 6.07) is 4.31. The summed E-state index contributed by atoms with van der Waals surface area (Å²) in [5.41, 5.74) is 0. The highest BCUT2D eigenvalue weighted by atomic mass is 32.2. The minimum Gasteiger partial charge on any atom is -0.379 e. The summed E-state index contributed by atoms with van der Waals surface area (Å²) < 4.78 is 8.98. The molecule has 2 rings (SSSR count). The van der Waals surface area contributed by atoms with Gasteiger partial charge in [-0.15, -0.1) is 11.3 Å². The van der Waals surface area contributed by atoms with Gasteiger partial charge in [0.25, 0.3) is 0 Å². The molecule has 3 nitrogen and oxygen atoms in total. The van der Waals surface area contributed by atoms with Crippen LogP contribution in [0.3, 0.4) is 0 Å². The number of carbonyl (C=O) groups is 1. The number of morpholine rings is 1. The highest BCUT2D eigenvalue weighted by Crippen LogP contribution is 2.31. The average molecular weight is 285 g/mol. The van der Waals surface area contributed by atoms with Crippen LogP contribution in [0.25, 0.3) is 0 Å². The number of ether oxygens (including phenoxy) is 1. The van der Waals surface area contributed by atoms with E-state index >= 15 is 0 Å². The Labute approximate surface area is 117 Å². The highest BCUT2D eigenvalue weighted by molar-refractivity contribution is 7.98. The first-order valence-corrected chi connectivity index (χ1v) is 7.84.